The van der Waals surface area contributed by atoms with Crippen LogP contribution in [0, 0.1) is 0 Å². The van der Waals surface area contributed by atoms with Crippen LogP contribution in [-0.2, 0) is 11.2 Å². The largest absolute Gasteiger partial charge is 0.325 e. The fourth-order valence-electron chi connectivity index (χ4n) is 0.783. The second-order valence-corrected chi connectivity index (χ2v) is 2.76. The summed E-state index contributed by atoms with van der Waals surface area (Å²) in [5.74, 6) is 0. The Morgan fingerprint density at radius 2 is 2.00 bits per heavy atom. The molecule has 0 radical (unpaired) electrons. The second kappa shape index (κ2) is 4.16. The topological polar surface area (TPSA) is 37.3 Å². The molecular formula is C8H8O2S. The smallest absolute Gasteiger partial charge is 0.124 e. The summed E-state index contributed by atoms with van der Waals surface area (Å²) >= 11 is 0.707. The summed E-state index contributed by atoms with van der Waals surface area (Å²) in [6.07, 6.45) is 1.30. The van der Waals surface area contributed by atoms with Crippen LogP contribution in [0.4, 0.5) is 0 Å². The molecule has 1 rings (SSSR count). The number of carbonyl (C=O) groups excluding carboxylic acids is 1. The minimum Gasteiger partial charge on any atom is -0.325 e. The first-order valence-electron chi connectivity index (χ1n) is 3.21. The first-order valence-corrected chi connectivity index (χ1v) is 3.98. The normalized spacial score (nSPS) is 9.55. The van der Waals surface area contributed by atoms with E-state index in [1.165, 1.54) is 0 Å². The second-order valence-electron chi connectivity index (χ2n) is 2.11. The summed E-state index contributed by atoms with van der Waals surface area (Å²) in [6, 6.07) is 7.22. The minimum atomic E-state index is 0.441. The number of aldehydes is 1. The van der Waals surface area contributed by atoms with E-state index in [-0.39, 0.29) is 0 Å². The van der Waals surface area contributed by atoms with E-state index in [9.17, 15) is 4.79 Å². The Labute approximate surface area is 69.4 Å². The monoisotopic (exact) mass is 168 g/mol. The maximum atomic E-state index is 10.1. The summed E-state index contributed by atoms with van der Waals surface area (Å²) in [4.78, 5) is 10.9. The zero-order valence-corrected chi connectivity index (χ0v) is 6.67. The molecule has 1 aromatic rings. The highest BCUT2D eigenvalue weighted by atomic mass is 32.2. The molecule has 0 heterocycles. The van der Waals surface area contributed by atoms with Gasteiger partial charge in [0.05, 0.1) is 0 Å². The van der Waals surface area contributed by atoms with Crippen LogP contribution in [0.1, 0.15) is 5.56 Å². The third-order valence-electron chi connectivity index (χ3n) is 1.35. The van der Waals surface area contributed by atoms with Gasteiger partial charge in [-0.1, -0.05) is 12.1 Å². The van der Waals surface area contributed by atoms with Gasteiger partial charge in [0.2, 0.25) is 0 Å². The van der Waals surface area contributed by atoms with Gasteiger partial charge in [-0.2, -0.15) is 0 Å². The molecule has 0 saturated heterocycles. The molecular weight excluding hydrogens is 160 g/mol. The highest BCUT2D eigenvalue weighted by molar-refractivity contribution is 7.93. The van der Waals surface area contributed by atoms with E-state index in [1.807, 2.05) is 12.1 Å². The molecule has 11 heavy (non-hydrogen) atoms. The Morgan fingerprint density at radius 3 is 2.45 bits per heavy atom. The maximum absolute atomic E-state index is 10.1. The van der Waals surface area contributed by atoms with Crippen molar-refractivity contribution in [3.8, 4) is 0 Å². The van der Waals surface area contributed by atoms with Gasteiger partial charge in [0.25, 0.3) is 0 Å². The van der Waals surface area contributed by atoms with Crippen LogP contribution < -0.4 is 0 Å². The van der Waals surface area contributed by atoms with Crippen molar-refractivity contribution in [3.63, 3.8) is 0 Å². The molecule has 0 bridgehead atoms. The summed E-state index contributed by atoms with van der Waals surface area (Å²) < 4.78 is 8.61. The Balaban J connectivity index is 2.74. The molecule has 0 atom stereocenters. The molecule has 1 aromatic carbocycles. The van der Waals surface area contributed by atoms with Crippen LogP contribution in [-0.4, -0.2) is 10.8 Å². The fourth-order valence-corrected chi connectivity index (χ4v) is 1.04. The lowest BCUT2D eigenvalue weighted by Gasteiger charge is -1.95. The predicted octanol–water partition coefficient (Wildman–Crippen LogP) is 1.99. The molecule has 1 N–H and O–H groups in total. The van der Waals surface area contributed by atoms with Crippen LogP contribution in [0.2, 0.25) is 0 Å². The molecule has 0 saturated carbocycles. The van der Waals surface area contributed by atoms with Crippen LogP contribution >= 0.6 is 12.0 Å². The molecule has 3 heteroatoms. The standard InChI is InChI=1S/C8H8O2S/c9-6-5-7-1-3-8(11-10)4-2-7/h1-4,6,10H,5H2. The van der Waals surface area contributed by atoms with E-state index in [0.29, 0.717) is 18.5 Å². The summed E-state index contributed by atoms with van der Waals surface area (Å²) in [5, 5.41) is 0. The van der Waals surface area contributed by atoms with Gasteiger partial charge in [-0.25, -0.2) is 0 Å². The lowest BCUT2D eigenvalue weighted by molar-refractivity contribution is -0.107. The fraction of sp³-hybridized carbons (Fsp3) is 0.125. The zero-order chi connectivity index (χ0) is 8.10. The number of hydrogen-bond acceptors (Lipinski definition) is 3. The van der Waals surface area contributed by atoms with E-state index < -0.39 is 0 Å². The van der Waals surface area contributed by atoms with Crippen molar-refractivity contribution in [2.45, 2.75) is 11.3 Å². The quantitative estimate of drug-likeness (QED) is 0.554. The van der Waals surface area contributed by atoms with Crippen LogP contribution in [0.5, 0.6) is 0 Å². The van der Waals surface area contributed by atoms with Crippen molar-refractivity contribution in [1.82, 2.24) is 0 Å². The van der Waals surface area contributed by atoms with Crippen molar-refractivity contribution in [3.05, 3.63) is 29.8 Å². The highest BCUT2D eigenvalue weighted by Gasteiger charge is 1.92. The van der Waals surface area contributed by atoms with Crippen molar-refractivity contribution in [2.75, 3.05) is 0 Å². The Kier molecular flexibility index (Phi) is 3.14. The first-order chi connectivity index (χ1) is 5.36. The Hall–Kier alpha value is -0.800. The first kappa shape index (κ1) is 8.30. The van der Waals surface area contributed by atoms with E-state index in [2.05, 4.69) is 0 Å². The maximum Gasteiger partial charge on any atom is 0.124 e. The van der Waals surface area contributed by atoms with Crippen molar-refractivity contribution in [2.24, 2.45) is 0 Å². The molecule has 0 aliphatic rings. The summed E-state index contributed by atoms with van der Waals surface area (Å²) in [6.45, 7) is 0. The molecule has 0 aliphatic heterocycles. The zero-order valence-electron chi connectivity index (χ0n) is 5.86. The summed E-state index contributed by atoms with van der Waals surface area (Å²) in [5.41, 5.74) is 0.970. The third kappa shape index (κ3) is 2.37. The van der Waals surface area contributed by atoms with Crippen molar-refractivity contribution >= 4 is 18.3 Å². The average Bonchev–Trinajstić information content (AvgIpc) is 2.07. The predicted molar refractivity (Wildman–Crippen MR) is 44.7 cm³/mol. The van der Waals surface area contributed by atoms with Crippen LogP contribution in [0.15, 0.2) is 29.2 Å². The van der Waals surface area contributed by atoms with E-state index >= 15 is 0 Å². The molecule has 0 fully saturated rings. The van der Waals surface area contributed by atoms with Gasteiger partial charge >= 0.3 is 0 Å². The van der Waals surface area contributed by atoms with Gasteiger partial charge < -0.3 is 9.35 Å². The Bertz CT molecular complexity index is 230. The Morgan fingerprint density at radius 1 is 1.36 bits per heavy atom. The number of rotatable bonds is 3. The molecule has 0 unspecified atom stereocenters. The molecule has 2 nitrogen and oxygen atoms in total. The molecule has 0 aliphatic carbocycles. The van der Waals surface area contributed by atoms with Gasteiger partial charge in [0, 0.05) is 23.4 Å². The van der Waals surface area contributed by atoms with Crippen molar-refractivity contribution < 1.29 is 9.35 Å². The highest BCUT2D eigenvalue weighted by Crippen LogP contribution is 2.14. The molecule has 0 amide bonds. The van der Waals surface area contributed by atoms with Gasteiger partial charge in [-0.05, 0) is 17.7 Å². The molecule has 0 spiro atoms. The minimum absolute atomic E-state index is 0.441. The number of hydrogen-bond donors (Lipinski definition) is 1. The van der Waals surface area contributed by atoms with Gasteiger partial charge in [-0.15, -0.1) is 0 Å². The van der Waals surface area contributed by atoms with Crippen molar-refractivity contribution in [1.29, 1.82) is 0 Å². The third-order valence-corrected chi connectivity index (χ3v) is 1.83. The molecule has 0 aromatic heterocycles. The van der Waals surface area contributed by atoms with E-state index in [0.717, 1.165) is 16.7 Å². The van der Waals surface area contributed by atoms with E-state index in [1.54, 1.807) is 12.1 Å². The van der Waals surface area contributed by atoms with E-state index in [4.69, 9.17) is 4.55 Å². The molecule has 58 valence electrons. The summed E-state index contributed by atoms with van der Waals surface area (Å²) in [7, 11) is 0. The SMILES string of the molecule is O=CCc1ccc(SO)cc1. The van der Waals surface area contributed by atoms with Crippen LogP contribution in [0.3, 0.4) is 0 Å². The lowest BCUT2D eigenvalue weighted by atomic mass is 10.2. The van der Waals surface area contributed by atoms with Gasteiger partial charge in [-0.3, -0.25) is 0 Å². The number of benzene rings is 1. The van der Waals surface area contributed by atoms with Gasteiger partial charge in [0.15, 0.2) is 0 Å². The van der Waals surface area contributed by atoms with Crippen LogP contribution in [0.25, 0.3) is 0 Å². The average molecular weight is 168 g/mol. The lowest BCUT2D eigenvalue weighted by Crippen LogP contribution is -1.83. The van der Waals surface area contributed by atoms with Gasteiger partial charge in [0.1, 0.15) is 6.29 Å². The number of carbonyl (C=O) groups is 1.